The van der Waals surface area contributed by atoms with Gasteiger partial charge in [0.2, 0.25) is 5.91 Å². The topological polar surface area (TPSA) is 65.5 Å². The molecule has 1 aliphatic carbocycles. The Morgan fingerprint density at radius 2 is 1.76 bits per heavy atom. The number of amides is 1. The first-order valence-electron chi connectivity index (χ1n) is 8.88. The van der Waals surface area contributed by atoms with E-state index in [1.807, 2.05) is 6.07 Å². The minimum absolute atomic E-state index is 0. The largest absolute Gasteiger partial charge is 0.357 e. The fourth-order valence-corrected chi connectivity index (χ4v) is 2.46. The molecule has 0 radical (unpaired) electrons. The molecule has 1 amide bonds. The van der Waals surface area contributed by atoms with E-state index in [1.54, 1.807) is 0 Å². The molecule has 0 unspecified atom stereocenters. The second-order valence-corrected chi connectivity index (χ2v) is 6.94. The first-order valence-corrected chi connectivity index (χ1v) is 8.88. The summed E-state index contributed by atoms with van der Waals surface area (Å²) >= 11 is 0. The van der Waals surface area contributed by atoms with E-state index in [-0.39, 0.29) is 41.2 Å². The van der Waals surface area contributed by atoms with Crippen molar-refractivity contribution in [3.05, 3.63) is 35.9 Å². The number of guanidine groups is 1. The average molecular weight is 458 g/mol. The summed E-state index contributed by atoms with van der Waals surface area (Å²) < 4.78 is 0. The van der Waals surface area contributed by atoms with Crippen LogP contribution in [-0.4, -0.2) is 38.0 Å². The van der Waals surface area contributed by atoms with Crippen LogP contribution in [0, 0.1) is 5.92 Å². The zero-order chi connectivity index (χ0) is 17.4. The van der Waals surface area contributed by atoms with E-state index < -0.39 is 0 Å². The second kappa shape index (κ2) is 10.6. The molecule has 2 rings (SSSR count). The summed E-state index contributed by atoms with van der Waals surface area (Å²) in [7, 11) is 0. The van der Waals surface area contributed by atoms with Gasteiger partial charge < -0.3 is 16.0 Å². The lowest BCUT2D eigenvalue weighted by atomic mass is 9.85. The molecule has 5 nitrogen and oxygen atoms in total. The van der Waals surface area contributed by atoms with Gasteiger partial charge in [-0.3, -0.25) is 9.79 Å². The molecule has 1 fully saturated rings. The lowest BCUT2D eigenvalue weighted by Crippen LogP contribution is -2.42. The molecule has 1 saturated carbocycles. The Morgan fingerprint density at radius 1 is 1.12 bits per heavy atom. The molecule has 3 N–H and O–H groups in total. The van der Waals surface area contributed by atoms with Crippen molar-refractivity contribution in [2.24, 2.45) is 10.9 Å². The molecule has 0 saturated heterocycles. The maximum absolute atomic E-state index is 11.6. The highest BCUT2D eigenvalue weighted by Gasteiger charge is 2.29. The summed E-state index contributed by atoms with van der Waals surface area (Å²) in [4.78, 5) is 16.3. The van der Waals surface area contributed by atoms with Crippen molar-refractivity contribution in [2.45, 2.75) is 39.0 Å². The van der Waals surface area contributed by atoms with Crippen LogP contribution in [0.2, 0.25) is 0 Å². The highest BCUT2D eigenvalue weighted by atomic mass is 127. The second-order valence-electron chi connectivity index (χ2n) is 6.94. The number of hydrogen-bond donors (Lipinski definition) is 3. The molecule has 0 aromatic heterocycles. The molecule has 0 atom stereocenters. The first-order chi connectivity index (χ1) is 11.5. The van der Waals surface area contributed by atoms with Crippen LogP contribution >= 0.6 is 24.0 Å². The average Bonchev–Trinajstić information content (AvgIpc) is 3.42. The maximum atomic E-state index is 11.6. The third-order valence-electron chi connectivity index (χ3n) is 4.20. The number of benzene rings is 1. The van der Waals surface area contributed by atoms with Gasteiger partial charge in [0, 0.05) is 31.0 Å². The molecule has 0 spiro atoms. The van der Waals surface area contributed by atoms with E-state index in [4.69, 9.17) is 4.99 Å². The Hall–Kier alpha value is -1.31. The van der Waals surface area contributed by atoms with E-state index in [0.717, 1.165) is 25.3 Å². The number of nitrogens with one attached hydrogen (secondary N) is 3. The zero-order valence-corrected chi connectivity index (χ0v) is 17.8. The molecule has 1 aliphatic rings. The van der Waals surface area contributed by atoms with Gasteiger partial charge in [0.15, 0.2) is 5.96 Å². The number of hydrogen-bond acceptors (Lipinski definition) is 2. The fraction of sp³-hybridized carbons (Fsp3) is 0.579. The Morgan fingerprint density at radius 3 is 2.36 bits per heavy atom. The number of aliphatic imine (C=N–C) groups is 1. The van der Waals surface area contributed by atoms with Crippen molar-refractivity contribution in [1.82, 2.24) is 16.0 Å². The summed E-state index contributed by atoms with van der Waals surface area (Å²) in [6.07, 6.45) is 2.08. The zero-order valence-electron chi connectivity index (χ0n) is 15.5. The van der Waals surface area contributed by atoms with Crippen LogP contribution in [0.5, 0.6) is 0 Å². The van der Waals surface area contributed by atoms with Crippen molar-refractivity contribution < 1.29 is 4.79 Å². The monoisotopic (exact) mass is 458 g/mol. The quantitative estimate of drug-likeness (QED) is 0.243. The lowest BCUT2D eigenvalue weighted by Gasteiger charge is -2.24. The third kappa shape index (κ3) is 7.63. The molecule has 1 aromatic carbocycles. The third-order valence-corrected chi connectivity index (χ3v) is 4.20. The SMILES string of the molecule is CCNC(=NCC(C)(C)c1ccccc1)NCCNC(=O)C1CC1.I. The van der Waals surface area contributed by atoms with Crippen molar-refractivity contribution in [2.75, 3.05) is 26.2 Å². The van der Waals surface area contributed by atoms with Gasteiger partial charge in [-0.25, -0.2) is 0 Å². The molecule has 0 heterocycles. The van der Waals surface area contributed by atoms with Gasteiger partial charge in [-0.05, 0) is 25.3 Å². The Bertz CT molecular complexity index is 556. The smallest absolute Gasteiger partial charge is 0.223 e. The predicted molar refractivity (Wildman–Crippen MR) is 115 cm³/mol. The van der Waals surface area contributed by atoms with Gasteiger partial charge in [-0.1, -0.05) is 44.2 Å². The molecule has 6 heteroatoms. The van der Waals surface area contributed by atoms with Gasteiger partial charge in [0.25, 0.3) is 0 Å². The molecule has 0 aliphatic heterocycles. The van der Waals surface area contributed by atoms with E-state index >= 15 is 0 Å². The Balaban J connectivity index is 0.00000312. The van der Waals surface area contributed by atoms with Crippen LogP contribution in [-0.2, 0) is 10.2 Å². The van der Waals surface area contributed by atoms with Crippen molar-refractivity contribution in [3.63, 3.8) is 0 Å². The number of nitrogens with zero attached hydrogens (tertiary/aromatic N) is 1. The number of carbonyl (C=O) groups excluding carboxylic acids is 1. The normalized spacial score (nSPS) is 14.4. The van der Waals surface area contributed by atoms with Crippen LogP contribution in [0.1, 0.15) is 39.2 Å². The maximum Gasteiger partial charge on any atom is 0.223 e. The molecule has 0 bridgehead atoms. The van der Waals surface area contributed by atoms with Crippen molar-refractivity contribution in [3.8, 4) is 0 Å². The summed E-state index contributed by atoms with van der Waals surface area (Å²) in [5.41, 5.74) is 1.25. The van der Waals surface area contributed by atoms with E-state index in [1.165, 1.54) is 5.56 Å². The lowest BCUT2D eigenvalue weighted by molar-refractivity contribution is -0.122. The fourth-order valence-electron chi connectivity index (χ4n) is 2.46. The highest BCUT2D eigenvalue weighted by Crippen LogP contribution is 2.28. The van der Waals surface area contributed by atoms with Gasteiger partial charge in [-0.15, -0.1) is 24.0 Å². The number of halogens is 1. The van der Waals surface area contributed by atoms with E-state index in [2.05, 4.69) is 61.0 Å². The van der Waals surface area contributed by atoms with Crippen molar-refractivity contribution in [1.29, 1.82) is 0 Å². The molecular weight excluding hydrogens is 427 g/mol. The van der Waals surface area contributed by atoms with Crippen LogP contribution in [0.15, 0.2) is 35.3 Å². The Kier molecular flexibility index (Phi) is 9.24. The van der Waals surface area contributed by atoms with E-state index in [0.29, 0.717) is 19.6 Å². The Labute approximate surface area is 168 Å². The molecule has 1 aromatic rings. The summed E-state index contributed by atoms with van der Waals surface area (Å²) in [5.74, 6) is 1.24. The number of carbonyl (C=O) groups is 1. The van der Waals surface area contributed by atoms with Crippen LogP contribution in [0.4, 0.5) is 0 Å². The standard InChI is InChI=1S/C19H30N4O.HI/c1-4-20-18(22-13-12-21-17(24)15-10-11-15)23-14-19(2,3)16-8-6-5-7-9-16;/h5-9,15H,4,10-14H2,1-3H3,(H,21,24)(H2,20,22,23);1H. The van der Waals surface area contributed by atoms with Crippen molar-refractivity contribution >= 4 is 35.8 Å². The minimum Gasteiger partial charge on any atom is -0.357 e. The van der Waals surface area contributed by atoms with Gasteiger partial charge in [-0.2, -0.15) is 0 Å². The first kappa shape index (κ1) is 21.7. The molecule has 25 heavy (non-hydrogen) atoms. The van der Waals surface area contributed by atoms with Gasteiger partial charge >= 0.3 is 0 Å². The minimum atomic E-state index is -0.0240. The highest BCUT2D eigenvalue weighted by molar-refractivity contribution is 14.0. The molecule has 140 valence electrons. The van der Waals surface area contributed by atoms with Gasteiger partial charge in [0.05, 0.1) is 6.54 Å². The summed E-state index contributed by atoms with van der Waals surface area (Å²) in [5, 5.41) is 9.50. The van der Waals surface area contributed by atoms with Crippen LogP contribution in [0.3, 0.4) is 0 Å². The van der Waals surface area contributed by atoms with E-state index in [9.17, 15) is 4.79 Å². The number of rotatable bonds is 8. The van der Waals surface area contributed by atoms with Crippen LogP contribution in [0.25, 0.3) is 0 Å². The predicted octanol–water partition coefficient (Wildman–Crippen LogP) is 2.66. The molecular formula is C19H31IN4O. The van der Waals surface area contributed by atoms with Crippen LogP contribution < -0.4 is 16.0 Å². The van der Waals surface area contributed by atoms with Gasteiger partial charge in [0.1, 0.15) is 0 Å². The summed E-state index contributed by atoms with van der Waals surface area (Å²) in [6, 6.07) is 10.4. The summed E-state index contributed by atoms with van der Waals surface area (Å²) in [6.45, 7) is 9.26.